The molecule has 5 nitrogen and oxygen atoms in total. The van der Waals surface area contributed by atoms with Crippen molar-refractivity contribution in [3.05, 3.63) is 18.3 Å². The molecule has 0 bridgehead atoms. The molecule has 1 saturated heterocycles. The smallest absolute Gasteiger partial charge is 0.231 e. The molecular formula is C14H21N3O2. The Morgan fingerprint density at radius 1 is 1.47 bits per heavy atom. The van der Waals surface area contributed by atoms with E-state index in [0.29, 0.717) is 5.82 Å². The molecule has 1 fully saturated rings. The highest BCUT2D eigenvalue weighted by Crippen LogP contribution is 2.22. The van der Waals surface area contributed by atoms with Crippen molar-refractivity contribution in [1.82, 2.24) is 4.98 Å². The van der Waals surface area contributed by atoms with Gasteiger partial charge in [0.25, 0.3) is 0 Å². The highest BCUT2D eigenvalue weighted by Gasteiger charge is 2.28. The van der Waals surface area contributed by atoms with Crippen LogP contribution in [0.2, 0.25) is 0 Å². The minimum absolute atomic E-state index is 0.00250. The Balaban J connectivity index is 1.98. The zero-order valence-corrected chi connectivity index (χ0v) is 11.7. The highest BCUT2D eigenvalue weighted by atomic mass is 16.5. The second kappa shape index (κ2) is 6.02. The van der Waals surface area contributed by atoms with Crippen molar-refractivity contribution in [2.75, 3.05) is 30.9 Å². The lowest BCUT2D eigenvalue weighted by Crippen LogP contribution is -2.36. The van der Waals surface area contributed by atoms with E-state index in [0.717, 1.165) is 25.1 Å². The molecule has 1 aromatic heterocycles. The number of nitrogens with one attached hydrogen (secondary N) is 1. The number of aromatic nitrogens is 1. The van der Waals surface area contributed by atoms with E-state index >= 15 is 0 Å². The summed E-state index contributed by atoms with van der Waals surface area (Å²) in [7, 11) is 3.91. The first kappa shape index (κ1) is 13.8. The summed E-state index contributed by atoms with van der Waals surface area (Å²) in [5, 5.41) is 2.86. The third kappa shape index (κ3) is 3.44. The topological polar surface area (TPSA) is 54.5 Å². The van der Waals surface area contributed by atoms with Gasteiger partial charge in [0.15, 0.2) is 0 Å². The van der Waals surface area contributed by atoms with E-state index in [-0.39, 0.29) is 17.9 Å². The van der Waals surface area contributed by atoms with Crippen LogP contribution >= 0.6 is 0 Å². The van der Waals surface area contributed by atoms with E-state index in [4.69, 9.17) is 4.74 Å². The summed E-state index contributed by atoms with van der Waals surface area (Å²) >= 11 is 0. The second-order valence-electron chi connectivity index (χ2n) is 5.11. The highest BCUT2D eigenvalue weighted by molar-refractivity contribution is 5.92. The Morgan fingerprint density at radius 2 is 2.26 bits per heavy atom. The van der Waals surface area contributed by atoms with Gasteiger partial charge in [-0.2, -0.15) is 0 Å². The van der Waals surface area contributed by atoms with Crippen molar-refractivity contribution in [1.29, 1.82) is 0 Å². The molecule has 104 valence electrons. The molecule has 1 N–H and O–H groups in total. The molecule has 5 heteroatoms. The van der Waals surface area contributed by atoms with Crippen molar-refractivity contribution < 1.29 is 9.53 Å². The van der Waals surface area contributed by atoms with Gasteiger partial charge in [-0.25, -0.2) is 4.98 Å². The van der Waals surface area contributed by atoms with Gasteiger partial charge in [0.1, 0.15) is 5.82 Å². The largest absolute Gasteiger partial charge is 0.378 e. The maximum atomic E-state index is 12.2. The van der Waals surface area contributed by atoms with Crippen LogP contribution in [0.25, 0.3) is 0 Å². The fourth-order valence-corrected chi connectivity index (χ4v) is 2.21. The van der Waals surface area contributed by atoms with Gasteiger partial charge in [-0.3, -0.25) is 4.79 Å². The normalized spacial score (nSPS) is 22.9. The Hall–Kier alpha value is -1.62. The van der Waals surface area contributed by atoms with Gasteiger partial charge >= 0.3 is 0 Å². The summed E-state index contributed by atoms with van der Waals surface area (Å²) in [5.74, 6) is 0.509. The van der Waals surface area contributed by atoms with Crippen molar-refractivity contribution in [2.45, 2.75) is 25.9 Å². The van der Waals surface area contributed by atoms with E-state index in [1.807, 2.05) is 38.1 Å². The first-order valence-corrected chi connectivity index (χ1v) is 6.64. The Morgan fingerprint density at radius 3 is 2.84 bits per heavy atom. The number of hydrogen-bond donors (Lipinski definition) is 1. The average molecular weight is 263 g/mol. The molecule has 1 aromatic rings. The number of amides is 1. The number of pyridine rings is 1. The predicted molar refractivity (Wildman–Crippen MR) is 75.3 cm³/mol. The third-order valence-corrected chi connectivity index (χ3v) is 3.46. The van der Waals surface area contributed by atoms with Gasteiger partial charge in [0.2, 0.25) is 5.91 Å². The lowest BCUT2D eigenvalue weighted by atomic mass is 9.94. The standard InChI is InChI=1S/C14H21N3O2/c1-10-12(5-4-8-19-10)14(18)16-13-7-6-11(9-15-13)17(2)3/h6-7,9-10,12H,4-5,8H2,1-3H3,(H,15,16,18)/t10-,12-/m0/s1. The summed E-state index contributed by atoms with van der Waals surface area (Å²) in [6.07, 6.45) is 3.55. The van der Waals surface area contributed by atoms with Crippen molar-refractivity contribution >= 4 is 17.4 Å². The van der Waals surface area contributed by atoms with Gasteiger partial charge in [-0.15, -0.1) is 0 Å². The minimum Gasteiger partial charge on any atom is -0.378 e. The Kier molecular flexibility index (Phi) is 4.37. The summed E-state index contributed by atoms with van der Waals surface area (Å²) < 4.78 is 5.51. The number of nitrogens with zero attached hydrogens (tertiary/aromatic N) is 2. The van der Waals surface area contributed by atoms with Crippen LogP contribution in [0.4, 0.5) is 11.5 Å². The average Bonchev–Trinajstić information content (AvgIpc) is 2.39. The zero-order valence-electron chi connectivity index (χ0n) is 11.7. The van der Waals surface area contributed by atoms with E-state index in [2.05, 4.69) is 10.3 Å². The number of carbonyl (C=O) groups is 1. The Bertz CT molecular complexity index is 431. The van der Waals surface area contributed by atoms with Crippen LogP contribution in [0, 0.1) is 5.92 Å². The summed E-state index contributed by atoms with van der Waals surface area (Å²) in [6, 6.07) is 3.75. The molecule has 0 aliphatic carbocycles. The zero-order chi connectivity index (χ0) is 13.8. The maximum absolute atomic E-state index is 12.2. The molecule has 0 unspecified atom stereocenters. The lowest BCUT2D eigenvalue weighted by Gasteiger charge is -2.27. The first-order chi connectivity index (χ1) is 9.08. The van der Waals surface area contributed by atoms with Gasteiger partial charge in [0, 0.05) is 20.7 Å². The number of anilines is 2. The molecular weight excluding hydrogens is 242 g/mol. The molecule has 2 atom stereocenters. The first-order valence-electron chi connectivity index (χ1n) is 6.64. The third-order valence-electron chi connectivity index (χ3n) is 3.46. The molecule has 0 aromatic carbocycles. The van der Waals surface area contributed by atoms with E-state index in [1.165, 1.54) is 0 Å². The molecule has 0 saturated carbocycles. The van der Waals surface area contributed by atoms with Crippen LogP contribution in [-0.4, -0.2) is 37.7 Å². The number of ether oxygens (including phenoxy) is 1. The van der Waals surface area contributed by atoms with E-state index < -0.39 is 0 Å². The van der Waals surface area contributed by atoms with Crippen LogP contribution in [0.15, 0.2) is 18.3 Å². The second-order valence-corrected chi connectivity index (χ2v) is 5.11. The minimum atomic E-state index is -0.0796. The summed E-state index contributed by atoms with van der Waals surface area (Å²) in [6.45, 7) is 2.70. The number of rotatable bonds is 3. The fraction of sp³-hybridized carbons (Fsp3) is 0.571. The summed E-state index contributed by atoms with van der Waals surface area (Å²) in [4.78, 5) is 18.4. The molecule has 2 rings (SSSR count). The van der Waals surface area contributed by atoms with Gasteiger partial charge < -0.3 is 15.0 Å². The van der Waals surface area contributed by atoms with Crippen LogP contribution in [0.5, 0.6) is 0 Å². The molecule has 19 heavy (non-hydrogen) atoms. The molecule has 1 aliphatic rings. The van der Waals surface area contributed by atoms with Crippen LogP contribution < -0.4 is 10.2 Å². The van der Waals surface area contributed by atoms with E-state index in [1.54, 1.807) is 6.20 Å². The fourth-order valence-electron chi connectivity index (χ4n) is 2.21. The van der Waals surface area contributed by atoms with Crippen molar-refractivity contribution in [3.63, 3.8) is 0 Å². The predicted octanol–water partition coefficient (Wildman–Crippen LogP) is 1.90. The van der Waals surface area contributed by atoms with Crippen LogP contribution in [0.1, 0.15) is 19.8 Å². The molecule has 0 spiro atoms. The number of hydrogen-bond acceptors (Lipinski definition) is 4. The maximum Gasteiger partial charge on any atom is 0.231 e. The molecule has 0 radical (unpaired) electrons. The van der Waals surface area contributed by atoms with Crippen molar-refractivity contribution in [3.8, 4) is 0 Å². The van der Waals surface area contributed by atoms with Crippen LogP contribution in [0.3, 0.4) is 0 Å². The monoisotopic (exact) mass is 263 g/mol. The SMILES string of the molecule is C[C@@H]1OCCC[C@@H]1C(=O)Nc1ccc(N(C)C)cn1. The van der Waals surface area contributed by atoms with Crippen LogP contribution in [-0.2, 0) is 9.53 Å². The molecule has 1 aliphatic heterocycles. The van der Waals surface area contributed by atoms with Crippen molar-refractivity contribution in [2.24, 2.45) is 5.92 Å². The summed E-state index contributed by atoms with van der Waals surface area (Å²) in [5.41, 5.74) is 1.01. The van der Waals surface area contributed by atoms with Gasteiger partial charge in [0.05, 0.1) is 23.9 Å². The lowest BCUT2D eigenvalue weighted by molar-refractivity contribution is -0.127. The van der Waals surface area contributed by atoms with Gasteiger partial charge in [-0.1, -0.05) is 0 Å². The van der Waals surface area contributed by atoms with Gasteiger partial charge in [-0.05, 0) is 31.9 Å². The number of carbonyl (C=O) groups excluding carboxylic acids is 1. The Labute approximate surface area is 114 Å². The quantitative estimate of drug-likeness (QED) is 0.905. The molecule has 1 amide bonds. The molecule has 2 heterocycles. The van der Waals surface area contributed by atoms with E-state index in [9.17, 15) is 4.79 Å².